The molecule has 34 heavy (non-hydrogen) atoms. The molecule has 1 radical (unpaired) electrons. The third-order valence-electron chi connectivity index (χ3n) is 5.62. The minimum atomic E-state index is -0.0484. The molecule has 0 saturated carbocycles. The van der Waals surface area contributed by atoms with Gasteiger partial charge in [-0.05, 0) is 28.6 Å². The molecule has 2 nitrogen and oxygen atoms in total. The van der Waals surface area contributed by atoms with E-state index >= 15 is 0 Å². The molecular weight excluding hydrogens is 593 g/mol. The summed E-state index contributed by atoms with van der Waals surface area (Å²) in [5.41, 5.74) is 6.47. The van der Waals surface area contributed by atoms with Gasteiger partial charge in [-0.15, -0.1) is 71.8 Å². The Morgan fingerprint density at radius 1 is 0.559 bits per heavy atom. The first-order chi connectivity index (χ1) is 16.1. The van der Waals surface area contributed by atoms with Crippen molar-refractivity contribution in [3.63, 3.8) is 0 Å². The van der Waals surface area contributed by atoms with E-state index in [2.05, 4.69) is 72.3 Å². The summed E-state index contributed by atoms with van der Waals surface area (Å²) in [6, 6.07) is 42.7. The molecule has 0 atom stereocenters. The third-order valence-corrected chi connectivity index (χ3v) is 5.62. The monoisotopic (exact) mass is 619 g/mol. The summed E-state index contributed by atoms with van der Waals surface area (Å²) in [6.45, 7) is 4.46. The smallest absolute Gasteiger partial charge is 0.0201 e. The van der Waals surface area contributed by atoms with E-state index in [1.54, 1.807) is 6.20 Å². The maximum absolute atomic E-state index is 4.61. The Kier molecular flexibility index (Phi) is 9.04. The van der Waals surface area contributed by atoms with Gasteiger partial charge >= 0.3 is 0 Å². The number of benzene rings is 3. The van der Waals surface area contributed by atoms with Crippen LogP contribution in [0.25, 0.3) is 22.5 Å². The van der Waals surface area contributed by atoms with Crippen molar-refractivity contribution < 1.29 is 20.1 Å². The number of rotatable bonds is 4. The summed E-state index contributed by atoms with van der Waals surface area (Å²) in [6.07, 6.45) is 3.76. The van der Waals surface area contributed by atoms with Crippen LogP contribution in [0.5, 0.6) is 0 Å². The summed E-state index contributed by atoms with van der Waals surface area (Å²) in [4.78, 5) is 8.83. The van der Waals surface area contributed by atoms with Crippen LogP contribution in [0.15, 0.2) is 122 Å². The minimum Gasteiger partial charge on any atom is -0.305 e. The van der Waals surface area contributed by atoms with Gasteiger partial charge in [-0.2, -0.15) is 0 Å². The molecule has 5 rings (SSSR count). The zero-order valence-corrected chi connectivity index (χ0v) is 21.7. The van der Waals surface area contributed by atoms with Crippen LogP contribution in [-0.2, 0) is 25.5 Å². The first kappa shape index (κ1) is 25.2. The predicted molar refractivity (Wildman–Crippen MR) is 136 cm³/mol. The quantitative estimate of drug-likeness (QED) is 0.196. The molecule has 3 heteroatoms. The Balaban J connectivity index is 0.000000212. The molecule has 0 fully saturated rings. The van der Waals surface area contributed by atoms with Crippen molar-refractivity contribution in [1.29, 1.82) is 0 Å². The number of pyridine rings is 2. The van der Waals surface area contributed by atoms with Crippen molar-refractivity contribution in [2.75, 3.05) is 0 Å². The fourth-order valence-corrected chi connectivity index (χ4v) is 3.57. The molecular formula is C31H26IrN2-2. The largest absolute Gasteiger partial charge is 0.305 e. The Bertz CT molecular complexity index is 1200. The fourth-order valence-electron chi connectivity index (χ4n) is 3.57. The van der Waals surface area contributed by atoms with Crippen LogP contribution in [0.4, 0.5) is 0 Å². The molecule has 2 heterocycles. The van der Waals surface area contributed by atoms with Gasteiger partial charge in [0.25, 0.3) is 0 Å². The van der Waals surface area contributed by atoms with Crippen LogP contribution in [-0.4, -0.2) is 9.97 Å². The average molecular weight is 619 g/mol. The van der Waals surface area contributed by atoms with E-state index in [0.29, 0.717) is 0 Å². The molecule has 0 unspecified atom stereocenters. The normalized spacial score (nSPS) is 10.4. The Morgan fingerprint density at radius 3 is 1.65 bits per heavy atom. The molecule has 171 valence electrons. The van der Waals surface area contributed by atoms with E-state index < -0.39 is 0 Å². The minimum absolute atomic E-state index is 0. The van der Waals surface area contributed by atoms with Crippen LogP contribution < -0.4 is 0 Å². The van der Waals surface area contributed by atoms with Gasteiger partial charge in [0.1, 0.15) is 0 Å². The summed E-state index contributed by atoms with van der Waals surface area (Å²) in [5.74, 6) is 0. The van der Waals surface area contributed by atoms with E-state index in [1.165, 1.54) is 11.1 Å². The van der Waals surface area contributed by atoms with E-state index in [1.807, 2.05) is 79.0 Å². The van der Waals surface area contributed by atoms with Gasteiger partial charge in [-0.3, -0.25) is 0 Å². The zero-order chi connectivity index (χ0) is 22.9. The first-order valence-corrected chi connectivity index (χ1v) is 11.0. The molecule has 3 aromatic carbocycles. The van der Waals surface area contributed by atoms with E-state index in [9.17, 15) is 0 Å². The molecule has 0 bridgehead atoms. The molecule has 2 aromatic heterocycles. The SMILES string of the molecule is CC(C)(c1ccccc1)c1ccc(-c2[c-]cccc2)nc1.[Ir].[c-]1ccccc1-c1ccccn1. The number of hydrogen-bond donors (Lipinski definition) is 0. The van der Waals surface area contributed by atoms with Crippen LogP contribution in [0.2, 0.25) is 0 Å². The summed E-state index contributed by atoms with van der Waals surface area (Å²) in [5, 5.41) is 0. The van der Waals surface area contributed by atoms with Gasteiger partial charge < -0.3 is 9.97 Å². The van der Waals surface area contributed by atoms with E-state index in [4.69, 9.17) is 0 Å². The second-order valence-corrected chi connectivity index (χ2v) is 8.19. The van der Waals surface area contributed by atoms with Crippen molar-refractivity contribution in [3.05, 3.63) is 145 Å². The van der Waals surface area contributed by atoms with Gasteiger partial charge in [-0.1, -0.05) is 68.4 Å². The molecule has 5 aromatic rings. The third kappa shape index (κ3) is 6.35. The number of nitrogens with zero attached hydrogens (tertiary/aromatic N) is 2. The van der Waals surface area contributed by atoms with Gasteiger partial charge in [0, 0.05) is 37.9 Å². The molecule has 0 amide bonds. The summed E-state index contributed by atoms with van der Waals surface area (Å²) >= 11 is 0. The van der Waals surface area contributed by atoms with Crippen molar-refractivity contribution >= 4 is 0 Å². The summed E-state index contributed by atoms with van der Waals surface area (Å²) in [7, 11) is 0. The zero-order valence-electron chi connectivity index (χ0n) is 19.3. The maximum Gasteiger partial charge on any atom is 0.0201 e. The molecule has 0 saturated heterocycles. The molecule has 0 aliphatic carbocycles. The Morgan fingerprint density at radius 2 is 1.15 bits per heavy atom. The van der Waals surface area contributed by atoms with Crippen molar-refractivity contribution in [3.8, 4) is 22.5 Å². The van der Waals surface area contributed by atoms with E-state index in [-0.39, 0.29) is 25.5 Å². The van der Waals surface area contributed by atoms with Crippen molar-refractivity contribution in [2.24, 2.45) is 0 Å². The summed E-state index contributed by atoms with van der Waals surface area (Å²) < 4.78 is 0. The van der Waals surface area contributed by atoms with Crippen molar-refractivity contribution in [2.45, 2.75) is 19.3 Å². The predicted octanol–water partition coefficient (Wildman–Crippen LogP) is 7.42. The second-order valence-electron chi connectivity index (χ2n) is 8.19. The van der Waals surface area contributed by atoms with Gasteiger partial charge in [0.2, 0.25) is 0 Å². The first-order valence-electron chi connectivity index (χ1n) is 11.0. The standard InChI is InChI=1S/C20H18N.C11H8N.Ir/c1-20(2,17-11-7-4-8-12-17)18-13-14-19(21-15-18)16-9-5-3-6-10-16;1-2-6-10(7-3-1)11-8-4-5-9-12-11;/h3-9,11-15H,1-2H3;1-6,8-9H;/q2*-1;. The second kappa shape index (κ2) is 12.2. The van der Waals surface area contributed by atoms with Gasteiger partial charge in [0.05, 0.1) is 0 Å². The van der Waals surface area contributed by atoms with Gasteiger partial charge in [-0.25, -0.2) is 0 Å². The molecule has 0 aliphatic rings. The van der Waals surface area contributed by atoms with Crippen LogP contribution in [0.1, 0.15) is 25.0 Å². The maximum atomic E-state index is 4.61. The van der Waals surface area contributed by atoms with Gasteiger partial charge in [0.15, 0.2) is 0 Å². The average Bonchev–Trinajstić information content (AvgIpc) is 2.91. The molecule has 0 spiro atoms. The van der Waals surface area contributed by atoms with E-state index in [0.717, 1.165) is 22.5 Å². The van der Waals surface area contributed by atoms with Crippen LogP contribution >= 0.6 is 0 Å². The van der Waals surface area contributed by atoms with Crippen LogP contribution in [0, 0.1) is 12.1 Å². The molecule has 0 N–H and O–H groups in total. The Labute approximate surface area is 216 Å². The topological polar surface area (TPSA) is 25.8 Å². The fraction of sp³-hybridized carbons (Fsp3) is 0.0968. The number of hydrogen-bond acceptors (Lipinski definition) is 2. The number of aromatic nitrogens is 2. The molecule has 0 aliphatic heterocycles. The van der Waals surface area contributed by atoms with Crippen LogP contribution in [0.3, 0.4) is 0 Å². The Hall–Kier alpha value is -3.39. The van der Waals surface area contributed by atoms with Crippen molar-refractivity contribution in [1.82, 2.24) is 9.97 Å².